The third-order valence-corrected chi connectivity index (χ3v) is 2.46. The van der Waals surface area contributed by atoms with Gasteiger partial charge >= 0.3 is 12.0 Å². The first kappa shape index (κ1) is 14.3. The van der Waals surface area contributed by atoms with Crippen LogP contribution in [0.1, 0.15) is 0 Å². The summed E-state index contributed by atoms with van der Waals surface area (Å²) in [5, 5.41) is 13.6. The van der Waals surface area contributed by atoms with Crippen LogP contribution in [0.25, 0.3) is 0 Å². The number of hydrogen-bond donors (Lipinski definition) is 1. The molecule has 1 aromatic carbocycles. The molecule has 0 aliphatic rings. The van der Waals surface area contributed by atoms with Crippen molar-refractivity contribution in [3.63, 3.8) is 0 Å². The van der Waals surface area contributed by atoms with E-state index in [0.29, 0.717) is 11.4 Å². The molecule has 1 heterocycles. The monoisotopic (exact) mass is 286 g/mol. The molecule has 0 aliphatic heterocycles. The minimum absolute atomic E-state index is 0.207. The van der Waals surface area contributed by atoms with E-state index in [1.54, 1.807) is 38.4 Å². The van der Waals surface area contributed by atoms with E-state index in [-0.39, 0.29) is 18.6 Å². The first-order chi connectivity index (χ1) is 10.1. The number of benzene rings is 1. The minimum Gasteiger partial charge on any atom is -0.423 e. The lowest BCUT2D eigenvalue weighted by atomic mass is 10.3. The van der Waals surface area contributed by atoms with Crippen molar-refractivity contribution in [1.29, 1.82) is 0 Å². The molecule has 0 radical (unpaired) electrons. The van der Waals surface area contributed by atoms with Gasteiger partial charge in [-0.2, -0.15) is 4.68 Å². The number of nitrogens with one attached hydrogen (secondary N) is 1. The van der Waals surface area contributed by atoms with Crippen LogP contribution in [0.4, 0.5) is 10.5 Å². The predicted molar refractivity (Wildman–Crippen MR) is 75.9 cm³/mol. The van der Waals surface area contributed by atoms with Crippen LogP contribution in [0, 0.1) is 12.3 Å². The summed E-state index contributed by atoms with van der Waals surface area (Å²) in [6, 6.07) is 6.82. The van der Waals surface area contributed by atoms with Crippen molar-refractivity contribution in [1.82, 2.24) is 25.1 Å². The molecule has 2 amide bonds. The molecule has 0 bridgehead atoms. The highest BCUT2D eigenvalue weighted by Gasteiger charge is 2.08. The number of carbonyl (C=O) groups is 1. The molecule has 108 valence electrons. The van der Waals surface area contributed by atoms with Crippen molar-refractivity contribution in [2.75, 3.05) is 19.4 Å². The number of carbonyl (C=O) groups excluding carboxylic acids is 1. The summed E-state index contributed by atoms with van der Waals surface area (Å²) in [7, 11) is 3.33. The maximum absolute atomic E-state index is 11.5. The highest BCUT2D eigenvalue weighted by Crippen LogP contribution is 2.20. The Morgan fingerprint density at radius 2 is 2.14 bits per heavy atom. The van der Waals surface area contributed by atoms with Crippen LogP contribution in [0.3, 0.4) is 0 Å². The van der Waals surface area contributed by atoms with Gasteiger partial charge in [0.05, 0.1) is 0 Å². The van der Waals surface area contributed by atoms with Crippen LogP contribution in [-0.4, -0.2) is 45.2 Å². The molecule has 21 heavy (non-hydrogen) atoms. The molecule has 0 spiro atoms. The number of nitrogens with zero attached hydrogens (tertiary/aromatic N) is 5. The molecule has 8 heteroatoms. The van der Waals surface area contributed by atoms with E-state index in [9.17, 15) is 4.79 Å². The van der Waals surface area contributed by atoms with Gasteiger partial charge in [-0.05, 0) is 34.7 Å². The Balaban J connectivity index is 2.04. The minimum atomic E-state index is -0.207. The molecule has 2 aromatic rings. The van der Waals surface area contributed by atoms with Gasteiger partial charge in [0.25, 0.3) is 0 Å². The van der Waals surface area contributed by atoms with E-state index in [4.69, 9.17) is 11.2 Å². The van der Waals surface area contributed by atoms with Gasteiger partial charge in [0.15, 0.2) is 0 Å². The number of anilines is 1. The molecule has 0 aliphatic carbocycles. The molecule has 0 unspecified atom stereocenters. The Hall–Kier alpha value is -3.08. The third-order valence-electron chi connectivity index (χ3n) is 2.46. The Morgan fingerprint density at radius 1 is 1.43 bits per heavy atom. The average Bonchev–Trinajstić information content (AvgIpc) is 2.88. The number of aromatic nitrogens is 4. The fourth-order valence-electron chi connectivity index (χ4n) is 1.40. The fraction of sp³-hybridized carbons (Fsp3) is 0.231. The lowest BCUT2D eigenvalue weighted by Crippen LogP contribution is -2.27. The van der Waals surface area contributed by atoms with Gasteiger partial charge in [0, 0.05) is 19.8 Å². The topological polar surface area (TPSA) is 85.2 Å². The Labute approximate surface area is 121 Å². The number of hydrogen-bond acceptors (Lipinski definition) is 5. The summed E-state index contributed by atoms with van der Waals surface area (Å²) in [5.74, 6) is 2.96. The lowest BCUT2D eigenvalue weighted by molar-refractivity contribution is 0.230. The molecule has 8 nitrogen and oxygen atoms in total. The first-order valence-corrected chi connectivity index (χ1v) is 6.06. The van der Waals surface area contributed by atoms with Gasteiger partial charge in [-0.1, -0.05) is 11.0 Å². The number of rotatable bonds is 4. The van der Waals surface area contributed by atoms with Crippen LogP contribution in [0.5, 0.6) is 11.8 Å². The summed E-state index contributed by atoms with van der Waals surface area (Å²) in [4.78, 5) is 12.9. The van der Waals surface area contributed by atoms with Gasteiger partial charge in [0.2, 0.25) is 0 Å². The largest absolute Gasteiger partial charge is 0.423 e. The van der Waals surface area contributed by atoms with Gasteiger partial charge in [-0.3, -0.25) is 0 Å². The Morgan fingerprint density at radius 3 is 2.76 bits per heavy atom. The van der Waals surface area contributed by atoms with Crippen molar-refractivity contribution in [3.8, 4) is 24.1 Å². The average molecular weight is 286 g/mol. The second-order valence-electron chi connectivity index (χ2n) is 4.27. The van der Waals surface area contributed by atoms with Gasteiger partial charge in [-0.25, -0.2) is 4.79 Å². The van der Waals surface area contributed by atoms with E-state index >= 15 is 0 Å². The van der Waals surface area contributed by atoms with Crippen LogP contribution in [-0.2, 0) is 6.54 Å². The van der Waals surface area contributed by atoms with Gasteiger partial charge < -0.3 is 15.0 Å². The Kier molecular flexibility index (Phi) is 4.36. The number of amides is 2. The maximum Gasteiger partial charge on any atom is 0.341 e. The summed E-state index contributed by atoms with van der Waals surface area (Å²) in [5.41, 5.74) is 0.657. The SMILES string of the molecule is C#CCn1nnnc1Oc1ccc(NC(=O)N(C)C)cc1. The summed E-state index contributed by atoms with van der Waals surface area (Å²) < 4.78 is 6.88. The zero-order valence-corrected chi connectivity index (χ0v) is 11.6. The molecule has 0 fully saturated rings. The number of ether oxygens (including phenoxy) is 1. The standard InChI is InChI=1S/C13H14N6O2/c1-4-9-19-13(15-16-17-19)21-11-7-5-10(6-8-11)14-12(20)18(2)3/h1,5-8H,9H2,2-3H3,(H,14,20). The highest BCUT2D eigenvalue weighted by molar-refractivity contribution is 5.88. The van der Waals surface area contributed by atoms with Crippen molar-refractivity contribution in [2.45, 2.75) is 6.54 Å². The van der Waals surface area contributed by atoms with Crippen molar-refractivity contribution in [3.05, 3.63) is 24.3 Å². The van der Waals surface area contributed by atoms with Crippen LogP contribution < -0.4 is 10.1 Å². The van der Waals surface area contributed by atoms with Crippen molar-refractivity contribution < 1.29 is 9.53 Å². The number of urea groups is 1. The number of tetrazole rings is 1. The van der Waals surface area contributed by atoms with E-state index < -0.39 is 0 Å². The van der Waals surface area contributed by atoms with Crippen LogP contribution >= 0.6 is 0 Å². The smallest absolute Gasteiger partial charge is 0.341 e. The zero-order chi connectivity index (χ0) is 15.2. The lowest BCUT2D eigenvalue weighted by Gasteiger charge is -2.12. The second-order valence-corrected chi connectivity index (χ2v) is 4.27. The van der Waals surface area contributed by atoms with E-state index in [1.807, 2.05) is 0 Å². The van der Waals surface area contributed by atoms with Gasteiger partial charge in [-0.15, -0.1) is 6.42 Å². The van der Waals surface area contributed by atoms with Crippen molar-refractivity contribution in [2.24, 2.45) is 0 Å². The normalized spacial score (nSPS) is 9.76. The Bertz CT molecular complexity index is 656. The maximum atomic E-state index is 11.5. The fourth-order valence-corrected chi connectivity index (χ4v) is 1.40. The molecule has 1 N–H and O–H groups in total. The van der Waals surface area contributed by atoms with E-state index in [2.05, 4.69) is 26.8 Å². The molecular formula is C13H14N6O2. The molecule has 2 rings (SSSR count). The summed E-state index contributed by atoms with van der Waals surface area (Å²) >= 11 is 0. The van der Waals surface area contributed by atoms with E-state index in [1.165, 1.54) is 9.58 Å². The quantitative estimate of drug-likeness (QED) is 0.853. The summed E-state index contributed by atoms with van der Waals surface area (Å²) in [6.45, 7) is 0.222. The highest BCUT2D eigenvalue weighted by atomic mass is 16.5. The predicted octanol–water partition coefficient (Wildman–Crippen LogP) is 1.19. The third kappa shape index (κ3) is 3.70. The molecule has 0 saturated heterocycles. The number of terminal acetylenes is 1. The molecule has 0 atom stereocenters. The van der Waals surface area contributed by atoms with Gasteiger partial charge in [0.1, 0.15) is 12.3 Å². The summed E-state index contributed by atoms with van der Waals surface area (Å²) in [6.07, 6.45) is 5.21. The van der Waals surface area contributed by atoms with Crippen LogP contribution in [0.2, 0.25) is 0 Å². The van der Waals surface area contributed by atoms with Crippen molar-refractivity contribution >= 4 is 11.7 Å². The molecule has 0 saturated carbocycles. The van der Waals surface area contributed by atoms with Crippen LogP contribution in [0.15, 0.2) is 24.3 Å². The van der Waals surface area contributed by atoms with E-state index in [0.717, 1.165) is 0 Å². The zero-order valence-electron chi connectivity index (χ0n) is 11.6. The first-order valence-electron chi connectivity index (χ1n) is 6.06. The molecule has 1 aromatic heterocycles. The molecular weight excluding hydrogens is 272 g/mol. The second kappa shape index (κ2) is 6.38.